The summed E-state index contributed by atoms with van der Waals surface area (Å²) >= 11 is 0. The Balaban J connectivity index is 2.15. The van der Waals surface area contributed by atoms with Crippen molar-refractivity contribution in [3.63, 3.8) is 0 Å². The van der Waals surface area contributed by atoms with Crippen LogP contribution in [0.5, 0.6) is 11.5 Å². The number of aryl methyl sites for hydroxylation is 1. The van der Waals surface area contributed by atoms with Crippen LogP contribution in [0.1, 0.15) is 39.7 Å². The van der Waals surface area contributed by atoms with E-state index in [4.69, 9.17) is 28.1 Å². The molecule has 1 aromatic rings. The van der Waals surface area contributed by atoms with Gasteiger partial charge in [0.05, 0.1) is 46.2 Å². The number of benzene rings is 1. The zero-order valence-corrected chi connectivity index (χ0v) is 21.8. The first-order valence-electron chi connectivity index (χ1n) is 11.4. The van der Waals surface area contributed by atoms with Crippen molar-refractivity contribution < 1.29 is 28.1 Å². The maximum absolute atomic E-state index is 6.41. The van der Waals surface area contributed by atoms with Gasteiger partial charge in [0.1, 0.15) is 18.1 Å². The Morgan fingerprint density at radius 3 is 1.61 bits per heavy atom. The first kappa shape index (κ1) is 27.9. The van der Waals surface area contributed by atoms with Gasteiger partial charge in [-0.2, -0.15) is 0 Å². The standard InChI is InChI=1S/C24H44O6Si/c1-8-9-25-10-11-26-12-13-27-14-15-28-16-17-29-22-18-21(2)19-23(20-22)30-31(6,7)24(3,4)5/h18-20H,8-17H2,1-7H3. The molecule has 1 aromatic carbocycles. The van der Waals surface area contributed by atoms with Crippen molar-refractivity contribution in [1.29, 1.82) is 0 Å². The smallest absolute Gasteiger partial charge is 0.250 e. The van der Waals surface area contributed by atoms with Gasteiger partial charge in [0.2, 0.25) is 8.32 Å². The molecule has 0 bridgehead atoms. The quantitative estimate of drug-likeness (QED) is 0.236. The van der Waals surface area contributed by atoms with Gasteiger partial charge in [-0.3, -0.25) is 0 Å². The van der Waals surface area contributed by atoms with E-state index < -0.39 is 8.32 Å². The number of rotatable bonds is 17. The third-order valence-corrected chi connectivity index (χ3v) is 9.52. The highest BCUT2D eigenvalue weighted by Crippen LogP contribution is 2.38. The molecule has 0 N–H and O–H groups in total. The third kappa shape index (κ3) is 12.5. The van der Waals surface area contributed by atoms with E-state index >= 15 is 0 Å². The molecular formula is C24H44O6Si. The van der Waals surface area contributed by atoms with Gasteiger partial charge in [0, 0.05) is 12.7 Å². The molecule has 0 unspecified atom stereocenters. The Hall–Kier alpha value is -1.12. The lowest BCUT2D eigenvalue weighted by Crippen LogP contribution is -2.43. The lowest BCUT2D eigenvalue weighted by atomic mass is 10.2. The topological polar surface area (TPSA) is 55.4 Å². The van der Waals surface area contributed by atoms with Crippen LogP contribution in [0.25, 0.3) is 0 Å². The van der Waals surface area contributed by atoms with Crippen molar-refractivity contribution in [1.82, 2.24) is 0 Å². The van der Waals surface area contributed by atoms with E-state index in [1.165, 1.54) is 0 Å². The molecule has 0 amide bonds. The summed E-state index contributed by atoms with van der Waals surface area (Å²) in [5, 5.41) is 0.156. The summed E-state index contributed by atoms with van der Waals surface area (Å²) < 4.78 is 34.1. The van der Waals surface area contributed by atoms with E-state index in [2.05, 4.69) is 53.8 Å². The maximum Gasteiger partial charge on any atom is 0.250 e. The number of ether oxygens (including phenoxy) is 5. The van der Waals surface area contributed by atoms with Crippen molar-refractivity contribution >= 4 is 8.32 Å². The Bertz CT molecular complexity index is 600. The zero-order valence-electron chi connectivity index (χ0n) is 20.8. The molecule has 0 spiro atoms. The van der Waals surface area contributed by atoms with Crippen LogP contribution in [-0.2, 0) is 18.9 Å². The van der Waals surface area contributed by atoms with Crippen LogP contribution in [0, 0.1) is 6.92 Å². The molecule has 0 aliphatic heterocycles. The van der Waals surface area contributed by atoms with E-state index in [0.29, 0.717) is 52.9 Å². The minimum absolute atomic E-state index is 0.156. The molecule has 0 aliphatic rings. The Morgan fingerprint density at radius 1 is 0.677 bits per heavy atom. The van der Waals surface area contributed by atoms with E-state index in [0.717, 1.165) is 30.1 Å². The molecule has 0 aromatic heterocycles. The lowest BCUT2D eigenvalue weighted by Gasteiger charge is -2.36. The second-order valence-electron chi connectivity index (χ2n) is 9.14. The van der Waals surface area contributed by atoms with Gasteiger partial charge < -0.3 is 28.1 Å². The predicted molar refractivity (Wildman–Crippen MR) is 128 cm³/mol. The van der Waals surface area contributed by atoms with Crippen LogP contribution in [0.15, 0.2) is 18.2 Å². The molecule has 180 valence electrons. The second kappa shape index (κ2) is 14.8. The monoisotopic (exact) mass is 456 g/mol. The highest BCUT2D eigenvalue weighted by atomic mass is 28.4. The summed E-state index contributed by atoms with van der Waals surface area (Å²) in [5.74, 6) is 1.70. The Labute approximate surface area is 190 Å². The summed E-state index contributed by atoms with van der Waals surface area (Å²) in [5.41, 5.74) is 1.12. The Kier molecular flexibility index (Phi) is 13.4. The second-order valence-corrected chi connectivity index (χ2v) is 13.9. The molecular weight excluding hydrogens is 412 g/mol. The van der Waals surface area contributed by atoms with Gasteiger partial charge in [0.15, 0.2) is 0 Å². The fraction of sp³-hybridized carbons (Fsp3) is 0.750. The summed E-state index contributed by atoms with van der Waals surface area (Å²) in [6.45, 7) is 20.6. The Morgan fingerprint density at radius 2 is 1.13 bits per heavy atom. The minimum atomic E-state index is -1.87. The molecule has 0 fully saturated rings. The molecule has 0 saturated heterocycles. The fourth-order valence-corrected chi connectivity index (χ4v) is 3.44. The molecule has 7 heteroatoms. The first-order valence-corrected chi connectivity index (χ1v) is 14.3. The number of hydrogen-bond donors (Lipinski definition) is 0. The van der Waals surface area contributed by atoms with Crippen LogP contribution >= 0.6 is 0 Å². The van der Waals surface area contributed by atoms with Gasteiger partial charge in [-0.1, -0.05) is 27.7 Å². The average Bonchev–Trinajstić information content (AvgIpc) is 2.66. The maximum atomic E-state index is 6.41. The summed E-state index contributed by atoms with van der Waals surface area (Å²) in [7, 11) is -1.87. The van der Waals surface area contributed by atoms with Gasteiger partial charge in [0.25, 0.3) is 0 Å². The minimum Gasteiger partial charge on any atom is -0.543 e. The normalized spacial score (nSPS) is 12.2. The highest BCUT2D eigenvalue weighted by molar-refractivity contribution is 6.74. The van der Waals surface area contributed by atoms with Gasteiger partial charge in [-0.05, 0) is 49.2 Å². The average molecular weight is 457 g/mol. The van der Waals surface area contributed by atoms with E-state index in [-0.39, 0.29) is 5.04 Å². The van der Waals surface area contributed by atoms with E-state index in [1.807, 2.05) is 12.1 Å². The van der Waals surface area contributed by atoms with Crippen molar-refractivity contribution in [3.8, 4) is 11.5 Å². The van der Waals surface area contributed by atoms with Crippen LogP contribution in [0.4, 0.5) is 0 Å². The van der Waals surface area contributed by atoms with Crippen molar-refractivity contribution in [3.05, 3.63) is 23.8 Å². The van der Waals surface area contributed by atoms with Gasteiger partial charge in [-0.15, -0.1) is 0 Å². The fourth-order valence-electron chi connectivity index (χ4n) is 2.43. The highest BCUT2D eigenvalue weighted by Gasteiger charge is 2.39. The van der Waals surface area contributed by atoms with Crippen molar-refractivity contribution in [2.24, 2.45) is 0 Å². The van der Waals surface area contributed by atoms with Gasteiger partial charge >= 0.3 is 0 Å². The zero-order chi connectivity index (χ0) is 23.2. The summed E-state index contributed by atoms with van der Waals surface area (Å²) in [6, 6.07) is 6.07. The van der Waals surface area contributed by atoms with Crippen LogP contribution in [0.3, 0.4) is 0 Å². The molecule has 1 rings (SSSR count). The molecule has 0 heterocycles. The number of hydrogen-bond acceptors (Lipinski definition) is 6. The van der Waals surface area contributed by atoms with Crippen LogP contribution in [0.2, 0.25) is 18.1 Å². The summed E-state index contributed by atoms with van der Waals surface area (Å²) in [4.78, 5) is 0. The molecule has 0 aliphatic carbocycles. The third-order valence-electron chi connectivity index (χ3n) is 5.16. The molecule has 0 saturated carbocycles. The summed E-state index contributed by atoms with van der Waals surface area (Å²) in [6.07, 6.45) is 1.03. The van der Waals surface area contributed by atoms with Crippen molar-refractivity contribution in [2.45, 2.75) is 59.2 Å². The van der Waals surface area contributed by atoms with Crippen molar-refractivity contribution in [2.75, 3.05) is 59.5 Å². The SMILES string of the molecule is CCCOCCOCCOCCOCCOc1cc(C)cc(O[Si](C)(C)C(C)(C)C)c1. The van der Waals surface area contributed by atoms with Crippen LogP contribution < -0.4 is 9.16 Å². The van der Waals surface area contributed by atoms with Crippen LogP contribution in [-0.4, -0.2) is 67.8 Å². The predicted octanol–water partition coefficient (Wildman–Crippen LogP) is 5.23. The lowest BCUT2D eigenvalue weighted by molar-refractivity contribution is -0.00450. The molecule has 0 radical (unpaired) electrons. The molecule has 0 atom stereocenters. The van der Waals surface area contributed by atoms with E-state index in [1.54, 1.807) is 0 Å². The van der Waals surface area contributed by atoms with E-state index in [9.17, 15) is 0 Å². The largest absolute Gasteiger partial charge is 0.543 e. The molecule has 6 nitrogen and oxygen atoms in total. The molecule has 31 heavy (non-hydrogen) atoms. The van der Waals surface area contributed by atoms with Gasteiger partial charge in [-0.25, -0.2) is 0 Å². The first-order chi connectivity index (χ1) is 14.7.